The van der Waals surface area contributed by atoms with Crippen LogP contribution in [-0.2, 0) is 9.59 Å². The Kier molecular flexibility index (Phi) is 9.69. The topological polar surface area (TPSA) is 90.2 Å². The Morgan fingerprint density at radius 2 is 1.96 bits per heavy atom. The van der Waals surface area contributed by atoms with Gasteiger partial charge in [-0.1, -0.05) is 43.5 Å². The first-order valence-electron chi connectivity index (χ1n) is 8.72. The Balaban J connectivity index is 2.05. The molecule has 1 aromatic carbocycles. The van der Waals surface area contributed by atoms with Gasteiger partial charge in [0.1, 0.15) is 6.04 Å². The Hall–Kier alpha value is -2.61. The number of carbonyl (C=O) groups is 2. The van der Waals surface area contributed by atoms with E-state index in [0.717, 1.165) is 44.1 Å². The minimum Gasteiger partial charge on any atom is -0.480 e. The molecule has 1 aromatic rings. The molecule has 0 aliphatic carbocycles. The summed E-state index contributed by atoms with van der Waals surface area (Å²) in [7, 11) is 0. The number of benzene rings is 1. The van der Waals surface area contributed by atoms with Crippen LogP contribution in [0.25, 0.3) is 6.08 Å². The first-order chi connectivity index (χ1) is 12.0. The maximum Gasteiger partial charge on any atom is 0.325 e. The van der Waals surface area contributed by atoms with E-state index in [9.17, 15) is 9.59 Å². The third-order valence-corrected chi connectivity index (χ3v) is 3.85. The van der Waals surface area contributed by atoms with Crippen LogP contribution in [0.2, 0.25) is 0 Å². The number of nitrogens with one attached hydrogen (secondary N) is 1. The first-order valence-corrected chi connectivity index (χ1v) is 8.72. The molecule has 0 heterocycles. The van der Waals surface area contributed by atoms with Crippen LogP contribution in [0.4, 0.5) is 0 Å². The van der Waals surface area contributed by atoms with Crippen LogP contribution in [0.5, 0.6) is 0 Å². The molecule has 1 atom stereocenters. The van der Waals surface area contributed by atoms with Crippen LogP contribution in [0.1, 0.15) is 63.0 Å². The van der Waals surface area contributed by atoms with Crippen molar-refractivity contribution in [3.05, 3.63) is 41.5 Å². The lowest BCUT2D eigenvalue weighted by atomic mass is 10.1. The second kappa shape index (κ2) is 11.9. The fourth-order valence-electron chi connectivity index (χ4n) is 2.38. The van der Waals surface area contributed by atoms with Crippen molar-refractivity contribution in [3.63, 3.8) is 0 Å². The van der Waals surface area contributed by atoms with Crippen molar-refractivity contribution >= 4 is 18.0 Å². The molecular weight excluding hydrogens is 316 g/mol. The summed E-state index contributed by atoms with van der Waals surface area (Å²) in [5.41, 5.74) is 1.71. The van der Waals surface area contributed by atoms with Crippen LogP contribution in [0, 0.1) is 11.3 Å². The molecule has 5 nitrogen and oxygen atoms in total. The molecule has 0 spiro atoms. The maximum atomic E-state index is 11.5. The standard InChI is InChI=1S/C20H26N2O3/c1-16(20(24)25)22-19(23)13-8-6-4-2-3-5-7-10-17-11-9-12-18(14-17)15-21/h7,9-12,14,16H,2-6,8,13H2,1H3,(H,22,23)(H,24,25). The van der Waals surface area contributed by atoms with Crippen molar-refractivity contribution in [2.45, 2.75) is 57.9 Å². The number of nitrogens with zero attached hydrogens (tertiary/aromatic N) is 1. The van der Waals surface area contributed by atoms with Crippen molar-refractivity contribution in [2.75, 3.05) is 0 Å². The van der Waals surface area contributed by atoms with Crippen LogP contribution in [-0.4, -0.2) is 23.0 Å². The summed E-state index contributed by atoms with van der Waals surface area (Å²) in [5.74, 6) is -1.21. The van der Waals surface area contributed by atoms with E-state index in [1.54, 1.807) is 6.07 Å². The van der Waals surface area contributed by atoms with Crippen molar-refractivity contribution in [3.8, 4) is 6.07 Å². The largest absolute Gasteiger partial charge is 0.480 e. The lowest BCUT2D eigenvalue weighted by Gasteiger charge is -2.08. The van der Waals surface area contributed by atoms with Crippen molar-refractivity contribution in [1.82, 2.24) is 5.32 Å². The number of amides is 1. The summed E-state index contributed by atoms with van der Waals surface area (Å²) in [6.45, 7) is 1.46. The lowest BCUT2D eigenvalue weighted by molar-refractivity contribution is -0.141. The number of aliphatic carboxylic acids is 1. The Bertz CT molecular complexity index is 632. The number of unbranched alkanes of at least 4 members (excludes halogenated alkanes) is 5. The SMILES string of the molecule is CC(NC(=O)CCCCCCCC=Cc1cccc(C#N)c1)C(=O)O. The average molecular weight is 342 g/mol. The van der Waals surface area contributed by atoms with E-state index in [1.165, 1.54) is 6.92 Å². The molecule has 0 aliphatic rings. The summed E-state index contributed by atoms with van der Waals surface area (Å²) in [6.07, 6.45) is 10.6. The molecular formula is C20H26N2O3. The number of carboxylic acid groups (broad SMARTS) is 1. The van der Waals surface area contributed by atoms with E-state index in [-0.39, 0.29) is 5.91 Å². The second-order valence-corrected chi connectivity index (χ2v) is 6.07. The number of hydrogen-bond donors (Lipinski definition) is 2. The van der Waals surface area contributed by atoms with Crippen LogP contribution >= 0.6 is 0 Å². The second-order valence-electron chi connectivity index (χ2n) is 6.07. The van der Waals surface area contributed by atoms with Gasteiger partial charge in [-0.3, -0.25) is 9.59 Å². The van der Waals surface area contributed by atoms with Gasteiger partial charge in [0.2, 0.25) is 5.91 Å². The fraction of sp³-hybridized carbons (Fsp3) is 0.450. The van der Waals surface area contributed by atoms with Gasteiger partial charge in [0.05, 0.1) is 11.6 Å². The lowest BCUT2D eigenvalue weighted by Crippen LogP contribution is -2.38. The smallest absolute Gasteiger partial charge is 0.325 e. The van der Waals surface area contributed by atoms with Gasteiger partial charge >= 0.3 is 5.97 Å². The fourth-order valence-corrected chi connectivity index (χ4v) is 2.38. The first kappa shape index (κ1) is 20.4. The molecule has 0 aliphatic heterocycles. The number of nitriles is 1. The molecule has 0 saturated heterocycles. The number of rotatable bonds is 11. The van der Waals surface area contributed by atoms with Crippen LogP contribution in [0.15, 0.2) is 30.3 Å². The van der Waals surface area contributed by atoms with E-state index in [4.69, 9.17) is 10.4 Å². The quantitative estimate of drug-likeness (QED) is 0.597. The Morgan fingerprint density at radius 1 is 1.24 bits per heavy atom. The zero-order valence-corrected chi connectivity index (χ0v) is 14.7. The van der Waals surface area contributed by atoms with Crippen LogP contribution < -0.4 is 5.32 Å². The summed E-state index contributed by atoms with van der Waals surface area (Å²) >= 11 is 0. The van der Waals surface area contributed by atoms with E-state index in [2.05, 4.69) is 17.5 Å². The van der Waals surface area contributed by atoms with E-state index in [1.807, 2.05) is 24.3 Å². The van der Waals surface area contributed by atoms with Gasteiger partial charge in [-0.2, -0.15) is 5.26 Å². The van der Waals surface area contributed by atoms with Gasteiger partial charge in [-0.05, 0) is 43.9 Å². The van der Waals surface area contributed by atoms with Crippen LogP contribution in [0.3, 0.4) is 0 Å². The summed E-state index contributed by atoms with van der Waals surface area (Å²) in [4.78, 5) is 22.1. The number of carbonyl (C=O) groups excluding carboxylic acids is 1. The molecule has 5 heteroatoms. The third-order valence-electron chi connectivity index (χ3n) is 3.85. The highest BCUT2D eigenvalue weighted by molar-refractivity contribution is 5.83. The highest BCUT2D eigenvalue weighted by atomic mass is 16.4. The van der Waals surface area contributed by atoms with Crippen molar-refractivity contribution in [2.24, 2.45) is 0 Å². The van der Waals surface area contributed by atoms with Gasteiger partial charge in [-0.15, -0.1) is 0 Å². The highest BCUT2D eigenvalue weighted by Crippen LogP contribution is 2.10. The zero-order chi connectivity index (χ0) is 18.5. The predicted octanol–water partition coefficient (Wildman–Crippen LogP) is 3.89. The summed E-state index contributed by atoms with van der Waals surface area (Å²) in [6, 6.07) is 8.82. The Morgan fingerprint density at radius 3 is 2.68 bits per heavy atom. The molecule has 0 aromatic heterocycles. The number of carboxylic acids is 1. The molecule has 0 radical (unpaired) electrons. The molecule has 134 valence electrons. The molecule has 1 unspecified atom stereocenters. The Labute approximate surface area is 149 Å². The average Bonchev–Trinajstić information content (AvgIpc) is 2.60. The third kappa shape index (κ3) is 9.31. The highest BCUT2D eigenvalue weighted by Gasteiger charge is 2.12. The normalized spacial score (nSPS) is 11.8. The number of hydrogen-bond acceptors (Lipinski definition) is 3. The van der Waals surface area contributed by atoms with Crippen molar-refractivity contribution < 1.29 is 14.7 Å². The van der Waals surface area contributed by atoms with Gasteiger partial charge in [-0.25, -0.2) is 0 Å². The molecule has 0 saturated carbocycles. The molecule has 1 amide bonds. The van der Waals surface area contributed by atoms with Gasteiger partial charge < -0.3 is 10.4 Å². The zero-order valence-electron chi connectivity index (χ0n) is 14.7. The monoisotopic (exact) mass is 342 g/mol. The predicted molar refractivity (Wildman–Crippen MR) is 97.8 cm³/mol. The summed E-state index contributed by atoms with van der Waals surface area (Å²) < 4.78 is 0. The van der Waals surface area contributed by atoms with E-state index < -0.39 is 12.0 Å². The van der Waals surface area contributed by atoms with Gasteiger partial charge in [0.25, 0.3) is 0 Å². The molecule has 0 bridgehead atoms. The number of allylic oxidation sites excluding steroid dienone is 1. The maximum absolute atomic E-state index is 11.5. The van der Waals surface area contributed by atoms with Crippen molar-refractivity contribution in [1.29, 1.82) is 5.26 Å². The summed E-state index contributed by atoms with van der Waals surface area (Å²) in [5, 5.41) is 20.0. The molecule has 1 rings (SSSR count). The van der Waals surface area contributed by atoms with Gasteiger partial charge in [0.15, 0.2) is 0 Å². The molecule has 0 fully saturated rings. The molecule has 2 N–H and O–H groups in total. The van der Waals surface area contributed by atoms with Gasteiger partial charge in [0, 0.05) is 6.42 Å². The van der Waals surface area contributed by atoms with E-state index in [0.29, 0.717) is 12.0 Å². The minimum atomic E-state index is -1.01. The van der Waals surface area contributed by atoms with E-state index >= 15 is 0 Å². The molecule has 25 heavy (non-hydrogen) atoms. The minimum absolute atomic E-state index is 0.197.